The Labute approximate surface area is 172 Å². The van der Waals surface area contributed by atoms with Crippen molar-refractivity contribution in [1.82, 2.24) is 10.2 Å². The van der Waals surface area contributed by atoms with Crippen molar-refractivity contribution < 1.29 is 9.53 Å². The number of hydrogen-bond donors (Lipinski definition) is 1. The number of halogens is 3. The summed E-state index contributed by atoms with van der Waals surface area (Å²) in [6.07, 6.45) is 3.96. The molecule has 4 heterocycles. The predicted molar refractivity (Wildman–Crippen MR) is 109 cm³/mol. The number of hydrogen-bond acceptors (Lipinski definition) is 4. The molecule has 5 rings (SSSR count). The Morgan fingerprint density at radius 1 is 1.12 bits per heavy atom. The van der Waals surface area contributed by atoms with Crippen LogP contribution < -0.4 is 5.32 Å². The van der Waals surface area contributed by atoms with E-state index in [2.05, 4.69) is 10.2 Å². The molecule has 0 spiro atoms. The van der Waals surface area contributed by atoms with Crippen LogP contribution in [0.15, 0.2) is 24.3 Å². The minimum atomic E-state index is -0.526. The topological polar surface area (TPSA) is 41.6 Å². The second-order valence-electron chi connectivity index (χ2n) is 7.42. The summed E-state index contributed by atoms with van der Waals surface area (Å²) in [4.78, 5) is 15.7. The lowest BCUT2D eigenvalue weighted by Gasteiger charge is -2.45. The van der Waals surface area contributed by atoms with Crippen LogP contribution in [0.3, 0.4) is 0 Å². The van der Waals surface area contributed by atoms with Gasteiger partial charge in [0.2, 0.25) is 0 Å². The van der Waals surface area contributed by atoms with Gasteiger partial charge in [-0.2, -0.15) is 0 Å². The normalized spacial score (nSPS) is 29.2. The summed E-state index contributed by atoms with van der Waals surface area (Å²) in [6.45, 7) is 4.91. The van der Waals surface area contributed by atoms with Crippen molar-refractivity contribution in [3.8, 4) is 0 Å². The van der Waals surface area contributed by atoms with Gasteiger partial charge in [-0.05, 0) is 75.5 Å². The molecule has 1 atom stereocenters. The van der Waals surface area contributed by atoms with Crippen molar-refractivity contribution in [3.63, 3.8) is 0 Å². The lowest BCUT2D eigenvalue weighted by molar-refractivity contribution is -0.167. The van der Waals surface area contributed by atoms with E-state index in [0.717, 1.165) is 64.0 Å². The molecule has 4 fully saturated rings. The van der Waals surface area contributed by atoms with Crippen LogP contribution in [0.1, 0.15) is 31.2 Å². The van der Waals surface area contributed by atoms with Gasteiger partial charge in [-0.1, -0.05) is 23.7 Å². The van der Waals surface area contributed by atoms with E-state index in [1.807, 2.05) is 24.3 Å². The van der Waals surface area contributed by atoms with Crippen LogP contribution in [0.2, 0.25) is 5.02 Å². The largest absolute Gasteiger partial charge is 0.460 e. The van der Waals surface area contributed by atoms with Crippen LogP contribution in [0, 0.1) is 5.92 Å². The summed E-state index contributed by atoms with van der Waals surface area (Å²) in [5.41, 5.74) is 0.515. The monoisotopic (exact) mass is 420 g/mol. The summed E-state index contributed by atoms with van der Waals surface area (Å²) < 4.78 is 6.11. The van der Waals surface area contributed by atoms with Gasteiger partial charge < -0.3 is 10.1 Å². The summed E-state index contributed by atoms with van der Waals surface area (Å²) in [5.74, 6) is 0.507. The second kappa shape index (κ2) is 9.11. The predicted octanol–water partition coefficient (Wildman–Crippen LogP) is 3.44. The number of nitrogens with one attached hydrogen (secondary N) is 1. The van der Waals surface area contributed by atoms with Crippen molar-refractivity contribution in [2.24, 2.45) is 5.92 Å². The van der Waals surface area contributed by atoms with Gasteiger partial charge in [-0.15, -0.1) is 24.8 Å². The molecule has 146 valence electrons. The third-order valence-corrected chi connectivity index (χ3v) is 6.35. The molecule has 7 heteroatoms. The number of piperidine rings is 4. The van der Waals surface area contributed by atoms with Crippen molar-refractivity contribution in [2.75, 3.05) is 32.7 Å². The number of rotatable bonds is 3. The first kappa shape index (κ1) is 21.8. The highest BCUT2D eigenvalue weighted by molar-refractivity contribution is 6.30. The maximum atomic E-state index is 13.2. The molecule has 0 saturated carbocycles. The number of carbonyl (C=O) groups is 1. The average Bonchev–Trinajstić information content (AvgIpc) is 2.64. The molecular formula is C19H27Cl3N2O2. The van der Waals surface area contributed by atoms with Gasteiger partial charge in [-0.25, -0.2) is 0 Å². The standard InChI is InChI=1S/C19H25ClN2O2.2ClH/c20-16-3-1-15(2-4-16)19(7-9-21-10-8-19)18(23)24-17-13-22-11-5-14(17)6-12-22;;/h1-4,14,17,21H,5-13H2;2*1H/t17-;;/m0../s1. The summed E-state index contributed by atoms with van der Waals surface area (Å²) in [6, 6.07) is 7.74. The summed E-state index contributed by atoms with van der Waals surface area (Å²) in [5, 5.41) is 4.07. The fourth-order valence-corrected chi connectivity index (χ4v) is 4.65. The van der Waals surface area contributed by atoms with Crippen molar-refractivity contribution in [3.05, 3.63) is 34.9 Å². The van der Waals surface area contributed by atoms with E-state index in [4.69, 9.17) is 16.3 Å². The van der Waals surface area contributed by atoms with Crippen LogP contribution in [-0.2, 0) is 14.9 Å². The van der Waals surface area contributed by atoms with Gasteiger partial charge >= 0.3 is 5.97 Å². The Kier molecular flexibility index (Phi) is 7.63. The maximum Gasteiger partial charge on any atom is 0.316 e. The fraction of sp³-hybridized carbons (Fsp3) is 0.632. The van der Waals surface area contributed by atoms with Gasteiger partial charge in [0, 0.05) is 11.6 Å². The maximum absolute atomic E-state index is 13.2. The van der Waals surface area contributed by atoms with Gasteiger partial charge in [0.25, 0.3) is 0 Å². The number of nitrogens with zero attached hydrogens (tertiary/aromatic N) is 1. The molecule has 0 aliphatic carbocycles. The SMILES string of the molecule is Cl.Cl.O=C(O[C@H]1CN2CCC1CC2)C1(c2ccc(Cl)cc2)CCNCC1. The highest BCUT2D eigenvalue weighted by atomic mass is 35.5. The Bertz CT molecular complexity index is 597. The molecule has 0 amide bonds. The van der Waals surface area contributed by atoms with Gasteiger partial charge in [-0.3, -0.25) is 9.69 Å². The van der Waals surface area contributed by atoms with Crippen molar-refractivity contribution in [2.45, 2.75) is 37.2 Å². The zero-order chi connectivity index (χ0) is 16.6. The van der Waals surface area contributed by atoms with E-state index in [1.165, 1.54) is 0 Å². The Balaban J connectivity index is 0.00000121. The quantitative estimate of drug-likeness (QED) is 0.759. The molecule has 2 bridgehead atoms. The zero-order valence-electron chi connectivity index (χ0n) is 14.8. The molecule has 1 aromatic rings. The Morgan fingerprint density at radius 2 is 1.73 bits per heavy atom. The van der Waals surface area contributed by atoms with Crippen molar-refractivity contribution in [1.29, 1.82) is 0 Å². The molecule has 1 aromatic carbocycles. The number of fused-ring (bicyclic) bond motifs is 3. The van der Waals surface area contributed by atoms with Gasteiger partial charge in [0.15, 0.2) is 0 Å². The van der Waals surface area contributed by atoms with E-state index < -0.39 is 5.41 Å². The molecule has 4 nitrogen and oxygen atoms in total. The first-order chi connectivity index (χ1) is 11.7. The highest BCUT2D eigenvalue weighted by Gasteiger charge is 2.45. The number of ether oxygens (including phenoxy) is 1. The number of carbonyl (C=O) groups excluding carboxylic acids is 1. The summed E-state index contributed by atoms with van der Waals surface area (Å²) in [7, 11) is 0. The molecule has 0 radical (unpaired) electrons. The van der Waals surface area contributed by atoms with E-state index in [-0.39, 0.29) is 36.9 Å². The van der Waals surface area contributed by atoms with Crippen LogP contribution in [0.4, 0.5) is 0 Å². The van der Waals surface area contributed by atoms with Gasteiger partial charge in [0.1, 0.15) is 6.10 Å². The molecule has 0 unspecified atom stereocenters. The molecule has 4 aliphatic heterocycles. The molecular weight excluding hydrogens is 395 g/mol. The van der Waals surface area contributed by atoms with E-state index in [0.29, 0.717) is 10.9 Å². The second-order valence-corrected chi connectivity index (χ2v) is 7.86. The zero-order valence-corrected chi connectivity index (χ0v) is 17.2. The first-order valence-electron chi connectivity index (χ1n) is 9.08. The molecule has 26 heavy (non-hydrogen) atoms. The lowest BCUT2D eigenvalue weighted by Crippen LogP contribution is -2.54. The number of esters is 1. The molecule has 4 saturated heterocycles. The average molecular weight is 422 g/mol. The smallest absolute Gasteiger partial charge is 0.316 e. The molecule has 4 aliphatic rings. The fourth-order valence-electron chi connectivity index (χ4n) is 4.53. The van der Waals surface area contributed by atoms with E-state index >= 15 is 0 Å². The van der Waals surface area contributed by atoms with Crippen LogP contribution >= 0.6 is 36.4 Å². The van der Waals surface area contributed by atoms with E-state index in [9.17, 15) is 4.79 Å². The third-order valence-electron chi connectivity index (χ3n) is 6.10. The van der Waals surface area contributed by atoms with Crippen LogP contribution in [0.25, 0.3) is 0 Å². The minimum absolute atomic E-state index is 0. The van der Waals surface area contributed by atoms with Crippen LogP contribution in [-0.4, -0.2) is 49.7 Å². The van der Waals surface area contributed by atoms with Gasteiger partial charge in [0.05, 0.1) is 5.41 Å². The van der Waals surface area contributed by atoms with Crippen LogP contribution in [0.5, 0.6) is 0 Å². The van der Waals surface area contributed by atoms with E-state index in [1.54, 1.807) is 0 Å². The Hall–Kier alpha value is -0.520. The van der Waals surface area contributed by atoms with Crippen molar-refractivity contribution >= 4 is 42.4 Å². The minimum Gasteiger partial charge on any atom is -0.460 e. The third kappa shape index (κ3) is 4.15. The molecule has 1 N–H and O–H groups in total. The highest BCUT2D eigenvalue weighted by Crippen LogP contribution is 2.38. The first-order valence-corrected chi connectivity index (χ1v) is 9.45. The lowest BCUT2D eigenvalue weighted by atomic mass is 9.73. The Morgan fingerprint density at radius 3 is 2.27 bits per heavy atom. The number of benzene rings is 1. The molecule has 0 aromatic heterocycles. The summed E-state index contributed by atoms with van der Waals surface area (Å²) >= 11 is 6.04.